The second-order valence-corrected chi connectivity index (χ2v) is 17.5. The first kappa shape index (κ1) is 40.8. The molecule has 0 fully saturated rings. The third-order valence-electron chi connectivity index (χ3n) is 10.9. The minimum atomic E-state index is -3.99. The lowest BCUT2D eigenvalue weighted by atomic mass is 9.96. The van der Waals surface area contributed by atoms with E-state index in [4.69, 9.17) is 9.73 Å². The smallest absolute Gasteiger partial charge is 0.308 e. The number of amides is 1. The van der Waals surface area contributed by atoms with E-state index in [1.807, 2.05) is 44.4 Å². The van der Waals surface area contributed by atoms with E-state index < -0.39 is 33.8 Å². The Hall–Kier alpha value is -6.96. The number of hydrogen-bond donors (Lipinski definition) is 3. The van der Waals surface area contributed by atoms with Gasteiger partial charge in [-0.1, -0.05) is 55.5 Å². The fourth-order valence-electron chi connectivity index (χ4n) is 7.53. The number of nitrogens with zero attached hydrogens (tertiary/aromatic N) is 5. The summed E-state index contributed by atoms with van der Waals surface area (Å²) in [4.78, 5) is 34.8. The maximum absolute atomic E-state index is 15.7. The molecular weight excluding hydrogens is 816 g/mol. The summed E-state index contributed by atoms with van der Waals surface area (Å²) in [6.07, 6.45) is 2.21. The number of ether oxygens (including phenoxy) is 1. The Labute approximate surface area is 355 Å². The molecule has 1 aliphatic heterocycles. The second kappa shape index (κ2) is 16.2. The first-order valence-electron chi connectivity index (χ1n) is 19.3. The van der Waals surface area contributed by atoms with Gasteiger partial charge in [-0.3, -0.25) is 23.9 Å². The summed E-state index contributed by atoms with van der Waals surface area (Å²) >= 11 is 1.60. The van der Waals surface area contributed by atoms with Crippen molar-refractivity contribution in [2.45, 2.75) is 58.0 Å². The maximum atomic E-state index is 15.7. The number of anilines is 1. The number of thiophene rings is 1. The molecule has 0 bridgehead atoms. The van der Waals surface area contributed by atoms with E-state index in [1.165, 1.54) is 25.3 Å². The van der Waals surface area contributed by atoms with Crippen molar-refractivity contribution in [3.8, 4) is 22.2 Å². The average molecular weight is 855 g/mol. The molecule has 308 valence electrons. The van der Waals surface area contributed by atoms with Crippen molar-refractivity contribution in [3.05, 3.63) is 146 Å². The van der Waals surface area contributed by atoms with Gasteiger partial charge in [0.05, 0.1) is 40.9 Å². The zero-order chi connectivity index (χ0) is 43.2. The van der Waals surface area contributed by atoms with Gasteiger partial charge in [0.25, 0.3) is 15.9 Å². The standard InChI is InChI=1S/C45H39FN8O5S2/c1-6-28-14-18-36(42-40(28)32(21-47)23-48-42)53-61(57,58)33-15-7-27(8-16-33)22-49-44(56)31-13-17-34(35(46)19-31)29-9-11-30(12-10-29)41-39-24(2)25(3)60-45(39)54-26(4)51-52-43(54)37(50-41)20-38(55)59-5/h7-19,23,37,48,53H,6,20,22H2,1-5H3,(H,49,56)/t37-/m0/s1. The number of aliphatic imine (C=N–C) groups is 1. The fourth-order valence-corrected chi connectivity index (χ4v) is 9.81. The molecule has 13 nitrogen and oxygen atoms in total. The van der Waals surface area contributed by atoms with E-state index in [2.05, 4.69) is 31.3 Å². The lowest BCUT2D eigenvalue weighted by Gasteiger charge is -2.13. The molecule has 0 spiro atoms. The summed E-state index contributed by atoms with van der Waals surface area (Å²) < 4.78 is 51.9. The van der Waals surface area contributed by atoms with Crippen LogP contribution in [0.25, 0.3) is 27.0 Å². The third-order valence-corrected chi connectivity index (χ3v) is 13.5. The van der Waals surface area contributed by atoms with Gasteiger partial charge >= 0.3 is 5.97 Å². The molecule has 1 amide bonds. The number of rotatable bonds is 11. The number of aromatic nitrogens is 4. The summed E-state index contributed by atoms with van der Waals surface area (Å²) in [5.41, 5.74) is 7.25. The third kappa shape index (κ3) is 7.58. The van der Waals surface area contributed by atoms with Gasteiger partial charge in [0.15, 0.2) is 5.82 Å². The van der Waals surface area contributed by atoms with Crippen molar-refractivity contribution in [2.75, 3.05) is 11.8 Å². The normalized spacial score (nSPS) is 13.5. The van der Waals surface area contributed by atoms with E-state index in [1.54, 1.807) is 66.1 Å². The van der Waals surface area contributed by atoms with Crippen molar-refractivity contribution < 1.29 is 27.1 Å². The first-order chi connectivity index (χ1) is 29.3. The molecule has 7 aromatic rings. The molecule has 4 heterocycles. The van der Waals surface area contributed by atoms with Crippen molar-refractivity contribution in [1.29, 1.82) is 5.26 Å². The van der Waals surface area contributed by atoms with Crippen LogP contribution >= 0.6 is 11.3 Å². The van der Waals surface area contributed by atoms with E-state index in [0.717, 1.165) is 32.1 Å². The molecule has 4 aromatic carbocycles. The summed E-state index contributed by atoms with van der Waals surface area (Å²) in [6, 6.07) is 22.6. The summed E-state index contributed by atoms with van der Waals surface area (Å²) in [5.74, 6) is -0.296. The van der Waals surface area contributed by atoms with Gasteiger partial charge in [-0.25, -0.2) is 12.8 Å². The van der Waals surface area contributed by atoms with Crippen LogP contribution in [0, 0.1) is 37.9 Å². The van der Waals surface area contributed by atoms with Gasteiger partial charge in [-0.2, -0.15) is 5.26 Å². The van der Waals surface area contributed by atoms with Crippen molar-refractivity contribution in [3.63, 3.8) is 0 Å². The number of benzene rings is 4. The number of esters is 1. The molecule has 0 saturated carbocycles. The number of carbonyl (C=O) groups excluding carboxylic acids is 2. The number of carbonyl (C=O) groups is 2. The largest absolute Gasteiger partial charge is 0.469 e. The van der Waals surface area contributed by atoms with Gasteiger partial charge < -0.3 is 15.0 Å². The molecule has 0 aliphatic carbocycles. The number of fused-ring (bicyclic) bond motifs is 4. The van der Waals surface area contributed by atoms with Gasteiger partial charge in [0.2, 0.25) is 0 Å². The van der Waals surface area contributed by atoms with Gasteiger partial charge in [-0.15, -0.1) is 21.5 Å². The van der Waals surface area contributed by atoms with E-state index in [9.17, 15) is 23.3 Å². The molecular formula is C45H39FN8O5S2. The minimum Gasteiger partial charge on any atom is -0.469 e. The van der Waals surface area contributed by atoms with Crippen LogP contribution in [0.4, 0.5) is 10.1 Å². The molecule has 61 heavy (non-hydrogen) atoms. The van der Waals surface area contributed by atoms with Crippen molar-refractivity contribution in [1.82, 2.24) is 25.1 Å². The van der Waals surface area contributed by atoms with E-state index in [-0.39, 0.29) is 23.4 Å². The average Bonchev–Trinajstić information content (AvgIpc) is 3.93. The number of sulfonamides is 1. The van der Waals surface area contributed by atoms with Crippen LogP contribution in [0.5, 0.6) is 0 Å². The molecule has 1 atom stereocenters. The molecule has 8 rings (SSSR count). The minimum absolute atomic E-state index is 0.0137. The van der Waals surface area contributed by atoms with E-state index in [0.29, 0.717) is 62.6 Å². The number of nitriles is 1. The zero-order valence-electron chi connectivity index (χ0n) is 33.8. The predicted molar refractivity (Wildman–Crippen MR) is 231 cm³/mol. The van der Waals surface area contributed by atoms with Crippen LogP contribution in [0.3, 0.4) is 0 Å². The van der Waals surface area contributed by atoms with Crippen LogP contribution in [-0.4, -0.2) is 52.9 Å². The summed E-state index contributed by atoms with van der Waals surface area (Å²) in [7, 11) is -2.66. The lowest BCUT2D eigenvalue weighted by Crippen LogP contribution is -2.23. The molecule has 0 unspecified atom stereocenters. The number of H-pyrrole nitrogens is 1. The number of aryl methyl sites for hydroxylation is 3. The highest BCUT2D eigenvalue weighted by molar-refractivity contribution is 7.92. The molecule has 0 radical (unpaired) electrons. The topological polar surface area (TPSA) is 184 Å². The highest BCUT2D eigenvalue weighted by Gasteiger charge is 2.33. The van der Waals surface area contributed by atoms with Crippen molar-refractivity contribution >= 4 is 55.5 Å². The SMILES string of the molecule is CCc1ccc(NS(=O)(=O)c2ccc(CNC(=O)c3ccc(-c4ccc(C5=N[C@@H](CC(=O)OC)c6nnc(C)n6-c6sc(C)c(C)c65)cc4)c(F)c3)cc2)c2[nH]cc(C#N)c12. The lowest BCUT2D eigenvalue weighted by molar-refractivity contribution is -0.141. The monoisotopic (exact) mass is 854 g/mol. The highest BCUT2D eigenvalue weighted by atomic mass is 32.2. The first-order valence-corrected chi connectivity index (χ1v) is 21.6. The zero-order valence-corrected chi connectivity index (χ0v) is 35.4. The molecule has 16 heteroatoms. The number of methoxy groups -OCH3 is 1. The quantitative estimate of drug-likeness (QED) is 0.109. The Morgan fingerprint density at radius 2 is 1.74 bits per heavy atom. The van der Waals surface area contributed by atoms with Crippen LogP contribution < -0.4 is 10.0 Å². The number of nitrogens with one attached hydrogen (secondary N) is 3. The van der Waals surface area contributed by atoms with Gasteiger partial charge in [-0.05, 0) is 79.8 Å². The Morgan fingerprint density at radius 1 is 1.00 bits per heavy atom. The summed E-state index contributed by atoms with van der Waals surface area (Å²) in [5, 5.41) is 22.6. The second-order valence-electron chi connectivity index (χ2n) is 14.6. The molecule has 3 N–H and O–H groups in total. The fraction of sp³-hybridized carbons (Fsp3) is 0.200. The Balaban J connectivity index is 0.961. The van der Waals surface area contributed by atoms with Crippen LogP contribution in [0.15, 0.2) is 94.9 Å². The van der Waals surface area contributed by atoms with Crippen LogP contribution in [0.2, 0.25) is 0 Å². The number of halogens is 1. The maximum Gasteiger partial charge on any atom is 0.308 e. The predicted octanol–water partition coefficient (Wildman–Crippen LogP) is 8.16. The number of aromatic amines is 1. The Morgan fingerprint density at radius 3 is 2.43 bits per heavy atom. The Kier molecular flexibility index (Phi) is 10.9. The Bertz CT molecular complexity index is 3070. The molecule has 3 aromatic heterocycles. The van der Waals surface area contributed by atoms with Gasteiger partial charge in [0, 0.05) is 45.3 Å². The van der Waals surface area contributed by atoms with Crippen LogP contribution in [-0.2, 0) is 32.5 Å². The van der Waals surface area contributed by atoms with Gasteiger partial charge in [0.1, 0.15) is 28.8 Å². The van der Waals surface area contributed by atoms with E-state index >= 15 is 4.39 Å². The molecule has 0 saturated heterocycles. The highest BCUT2D eigenvalue weighted by Crippen LogP contribution is 2.40. The van der Waals surface area contributed by atoms with Crippen LogP contribution in [0.1, 0.15) is 79.7 Å². The summed E-state index contributed by atoms with van der Waals surface area (Å²) in [6.45, 7) is 7.97. The number of hydrogen-bond acceptors (Lipinski definition) is 10. The molecule has 1 aliphatic rings. The van der Waals surface area contributed by atoms with Crippen molar-refractivity contribution in [2.24, 2.45) is 4.99 Å².